The molecule has 0 amide bonds. The molecule has 7 nitrogen and oxygen atoms in total. The Balaban J connectivity index is 1.44. The van der Waals surface area contributed by atoms with E-state index in [2.05, 4.69) is 4.90 Å². The van der Waals surface area contributed by atoms with E-state index in [1.807, 2.05) is 63.2 Å². The minimum Gasteiger partial charge on any atom is -0.368 e. The van der Waals surface area contributed by atoms with Crippen molar-refractivity contribution in [3.8, 4) is 0 Å². The van der Waals surface area contributed by atoms with Crippen molar-refractivity contribution >= 4 is 9.84 Å². The van der Waals surface area contributed by atoms with Gasteiger partial charge in [0.25, 0.3) is 0 Å². The van der Waals surface area contributed by atoms with E-state index < -0.39 is 40.2 Å². The smallest absolute Gasteiger partial charge is 0.190 e. The fraction of sp³-hybridized carbons (Fsp3) is 0.571. The molecule has 0 spiro atoms. The summed E-state index contributed by atoms with van der Waals surface area (Å²) >= 11 is 0. The molecule has 0 N–H and O–H groups in total. The van der Waals surface area contributed by atoms with Gasteiger partial charge in [-0.25, -0.2) is 8.42 Å². The molecule has 0 aromatic heterocycles. The largest absolute Gasteiger partial charge is 0.368 e. The van der Waals surface area contributed by atoms with Crippen LogP contribution in [0.15, 0.2) is 59.5 Å². The Hall–Kier alpha value is -1.81. The van der Waals surface area contributed by atoms with Gasteiger partial charge in [-0.15, -0.1) is 0 Å². The molecule has 5 rings (SSSR count). The minimum atomic E-state index is -3.56. The van der Waals surface area contributed by atoms with Crippen molar-refractivity contribution in [2.24, 2.45) is 0 Å². The summed E-state index contributed by atoms with van der Waals surface area (Å²) < 4.78 is 52.4. The molecule has 3 fully saturated rings. The summed E-state index contributed by atoms with van der Waals surface area (Å²) in [5, 5.41) is 0. The van der Waals surface area contributed by atoms with Gasteiger partial charge in [-0.2, -0.15) is 0 Å². The zero-order valence-electron chi connectivity index (χ0n) is 21.3. The van der Waals surface area contributed by atoms with E-state index >= 15 is 0 Å². The molecule has 8 heteroatoms. The van der Waals surface area contributed by atoms with Crippen LogP contribution in [0.3, 0.4) is 0 Å². The van der Waals surface area contributed by atoms with Crippen molar-refractivity contribution < 1.29 is 27.4 Å². The highest BCUT2D eigenvalue weighted by molar-refractivity contribution is 7.91. The monoisotopic (exact) mass is 515 g/mol. The molecule has 5 atom stereocenters. The number of hydrogen-bond donors (Lipinski definition) is 0. The second kappa shape index (κ2) is 10.5. The lowest BCUT2D eigenvalue weighted by atomic mass is 10.0. The molecule has 36 heavy (non-hydrogen) atoms. The topological polar surface area (TPSA) is 74.3 Å². The van der Waals surface area contributed by atoms with Crippen LogP contribution in [-0.2, 0) is 35.4 Å². The van der Waals surface area contributed by atoms with Gasteiger partial charge in [-0.1, -0.05) is 54.4 Å². The Bertz CT molecular complexity index is 1110. The van der Waals surface area contributed by atoms with Crippen molar-refractivity contribution in [3.05, 3.63) is 65.7 Å². The van der Waals surface area contributed by atoms with Crippen molar-refractivity contribution in [1.29, 1.82) is 0 Å². The SMILES string of the molecule is Cc1ccc(S(=O)(=O)C[C@@H]([C@H]2O[C@@H]3OC(C)(C)O[C@@H]3[C@H]2OCc2ccccc2)N2CCCCC2)cc1. The van der Waals surface area contributed by atoms with Gasteiger partial charge in [0, 0.05) is 0 Å². The van der Waals surface area contributed by atoms with Crippen LogP contribution < -0.4 is 0 Å². The fourth-order valence-corrected chi connectivity index (χ4v) is 7.09. The lowest BCUT2D eigenvalue weighted by molar-refractivity contribution is -0.225. The van der Waals surface area contributed by atoms with Crippen molar-refractivity contribution in [3.63, 3.8) is 0 Å². The Morgan fingerprint density at radius 2 is 1.69 bits per heavy atom. The van der Waals surface area contributed by atoms with Crippen LogP contribution in [0.1, 0.15) is 44.2 Å². The van der Waals surface area contributed by atoms with Crippen LogP contribution in [0.4, 0.5) is 0 Å². The molecular weight excluding hydrogens is 478 g/mol. The van der Waals surface area contributed by atoms with Crippen LogP contribution in [0.25, 0.3) is 0 Å². The Kier molecular flexibility index (Phi) is 7.54. The molecule has 0 bridgehead atoms. The van der Waals surface area contributed by atoms with Gasteiger partial charge in [0.2, 0.25) is 0 Å². The lowest BCUT2D eigenvalue weighted by Crippen LogP contribution is -2.54. The van der Waals surface area contributed by atoms with Crippen molar-refractivity contribution in [2.45, 2.75) is 88.0 Å². The second-order valence-corrected chi connectivity index (χ2v) is 12.6. The normalized spacial score (nSPS) is 29.2. The first-order valence-electron chi connectivity index (χ1n) is 12.9. The average molecular weight is 516 g/mol. The van der Waals surface area contributed by atoms with E-state index in [0.717, 1.165) is 43.5 Å². The Labute approximate surface area is 214 Å². The summed E-state index contributed by atoms with van der Waals surface area (Å²) in [6.07, 6.45) is 1.24. The third kappa shape index (κ3) is 5.69. The number of rotatable bonds is 8. The van der Waals surface area contributed by atoms with Crippen LogP contribution in [-0.4, -0.2) is 68.6 Å². The highest BCUT2D eigenvalue weighted by atomic mass is 32.2. The first kappa shape index (κ1) is 25.8. The number of benzene rings is 2. The number of piperidine rings is 1. The first-order valence-corrected chi connectivity index (χ1v) is 14.6. The highest BCUT2D eigenvalue weighted by Gasteiger charge is 2.58. The third-order valence-electron chi connectivity index (χ3n) is 7.32. The molecule has 3 heterocycles. The molecule has 2 aromatic rings. The molecule has 196 valence electrons. The maximum absolute atomic E-state index is 13.6. The number of sulfone groups is 1. The molecule has 3 aliphatic rings. The summed E-state index contributed by atoms with van der Waals surface area (Å²) in [6.45, 7) is 7.73. The van der Waals surface area contributed by atoms with E-state index in [4.69, 9.17) is 18.9 Å². The summed E-state index contributed by atoms with van der Waals surface area (Å²) in [6, 6.07) is 16.7. The molecule has 0 unspecified atom stereocenters. The van der Waals surface area contributed by atoms with Gasteiger partial charge in [0.1, 0.15) is 18.3 Å². The second-order valence-electron chi connectivity index (χ2n) is 10.6. The van der Waals surface area contributed by atoms with Gasteiger partial charge in [-0.05, 0) is 64.4 Å². The fourth-order valence-electron chi connectivity index (χ4n) is 5.49. The molecule has 0 saturated carbocycles. The zero-order valence-corrected chi connectivity index (χ0v) is 22.2. The van der Waals surface area contributed by atoms with Gasteiger partial charge < -0.3 is 18.9 Å². The van der Waals surface area contributed by atoms with Gasteiger partial charge in [-0.3, -0.25) is 4.90 Å². The standard InChI is InChI=1S/C28H37NO6S/c1-20-12-14-22(15-13-20)36(30,31)19-23(29-16-8-5-9-17-29)24-25(32-18-21-10-6-4-7-11-21)26-27(33-24)35-28(2,3)34-26/h4,6-7,10-15,23-27H,5,8-9,16-19H2,1-3H3/t23-,24+,25-,26+,27+/m0/s1. The number of likely N-dealkylation sites (tertiary alicyclic amines) is 1. The molecule has 3 aliphatic heterocycles. The summed E-state index contributed by atoms with van der Waals surface area (Å²) in [5.74, 6) is -0.835. The van der Waals surface area contributed by atoms with Crippen LogP contribution in [0.5, 0.6) is 0 Å². The third-order valence-corrected chi connectivity index (χ3v) is 9.09. The maximum atomic E-state index is 13.6. The predicted octanol–water partition coefficient (Wildman–Crippen LogP) is 4.09. The Morgan fingerprint density at radius 3 is 2.39 bits per heavy atom. The van der Waals surface area contributed by atoms with Crippen molar-refractivity contribution in [1.82, 2.24) is 4.90 Å². The quantitative estimate of drug-likeness (QED) is 0.524. The molecule has 3 saturated heterocycles. The zero-order chi connectivity index (χ0) is 25.3. The molecule has 0 aliphatic carbocycles. The van der Waals surface area contributed by atoms with Crippen LogP contribution in [0, 0.1) is 6.92 Å². The number of hydrogen-bond acceptors (Lipinski definition) is 7. The number of aryl methyl sites for hydroxylation is 1. The summed E-state index contributed by atoms with van der Waals surface area (Å²) in [7, 11) is -3.56. The number of nitrogens with zero attached hydrogens (tertiary/aromatic N) is 1. The van der Waals surface area contributed by atoms with Gasteiger partial charge in [0.05, 0.1) is 23.3 Å². The average Bonchev–Trinajstić information content (AvgIpc) is 3.34. The molecule has 0 radical (unpaired) electrons. The summed E-state index contributed by atoms with van der Waals surface area (Å²) in [4.78, 5) is 2.61. The predicted molar refractivity (Wildman–Crippen MR) is 136 cm³/mol. The van der Waals surface area contributed by atoms with E-state index in [1.165, 1.54) is 0 Å². The van der Waals surface area contributed by atoms with Gasteiger partial charge in [0.15, 0.2) is 21.9 Å². The van der Waals surface area contributed by atoms with Crippen LogP contribution >= 0.6 is 0 Å². The van der Waals surface area contributed by atoms with Gasteiger partial charge >= 0.3 is 0 Å². The lowest BCUT2D eigenvalue weighted by Gasteiger charge is -2.39. The highest BCUT2D eigenvalue weighted by Crippen LogP contribution is 2.41. The van der Waals surface area contributed by atoms with E-state index in [0.29, 0.717) is 11.5 Å². The van der Waals surface area contributed by atoms with Crippen molar-refractivity contribution in [2.75, 3.05) is 18.8 Å². The van der Waals surface area contributed by atoms with E-state index in [9.17, 15) is 8.42 Å². The van der Waals surface area contributed by atoms with Crippen LogP contribution in [0.2, 0.25) is 0 Å². The number of fused-ring (bicyclic) bond motifs is 1. The number of ether oxygens (including phenoxy) is 4. The van der Waals surface area contributed by atoms with E-state index in [-0.39, 0.29) is 11.8 Å². The minimum absolute atomic E-state index is 0.0469. The Morgan fingerprint density at radius 1 is 1.00 bits per heavy atom. The summed E-state index contributed by atoms with van der Waals surface area (Å²) in [5.41, 5.74) is 2.07. The molecule has 2 aromatic carbocycles. The first-order chi connectivity index (χ1) is 17.2. The van der Waals surface area contributed by atoms with E-state index in [1.54, 1.807) is 12.1 Å². The maximum Gasteiger partial charge on any atom is 0.190 e. The molecular formula is C28H37NO6S.